The molecule has 96 valence electrons. The topological polar surface area (TPSA) is 71.4 Å². The van der Waals surface area contributed by atoms with E-state index in [1.165, 1.54) is 25.7 Å². The predicted molar refractivity (Wildman–Crippen MR) is 63.8 cm³/mol. The van der Waals surface area contributed by atoms with Crippen molar-refractivity contribution in [1.29, 1.82) is 0 Å². The normalized spacial score (nSPS) is 11.6. The molecule has 0 spiro atoms. The number of hydrogen-bond acceptors (Lipinski definition) is 3. The van der Waals surface area contributed by atoms with Gasteiger partial charge in [-0.05, 0) is 6.42 Å². The molecule has 0 bridgehead atoms. The Balaban J connectivity index is 3.31. The van der Waals surface area contributed by atoms with Crippen molar-refractivity contribution in [1.82, 2.24) is 0 Å². The Morgan fingerprint density at radius 2 is 1.38 bits per heavy atom. The molecule has 0 fully saturated rings. The Hall–Kier alpha value is -0.420. The lowest BCUT2D eigenvalue weighted by molar-refractivity contribution is -0.112. The van der Waals surface area contributed by atoms with Gasteiger partial charge in [-0.25, -0.2) is 0 Å². The zero-order valence-electron chi connectivity index (χ0n) is 9.94. The highest BCUT2D eigenvalue weighted by atomic mass is 32.2. The summed E-state index contributed by atoms with van der Waals surface area (Å²) in [5, 5.41) is -1.06. The maximum absolute atomic E-state index is 10.8. The summed E-state index contributed by atoms with van der Waals surface area (Å²) >= 11 is 0. The van der Waals surface area contributed by atoms with Crippen molar-refractivity contribution in [2.24, 2.45) is 0 Å². The Morgan fingerprint density at radius 1 is 0.938 bits per heavy atom. The maximum atomic E-state index is 10.8. The van der Waals surface area contributed by atoms with Crippen molar-refractivity contribution in [2.75, 3.05) is 0 Å². The Morgan fingerprint density at radius 3 is 1.81 bits per heavy atom. The van der Waals surface area contributed by atoms with Gasteiger partial charge in [0, 0.05) is 6.42 Å². The summed E-state index contributed by atoms with van der Waals surface area (Å²) in [5.41, 5.74) is 0. The molecule has 0 radical (unpaired) electrons. The van der Waals surface area contributed by atoms with Gasteiger partial charge >= 0.3 is 10.1 Å². The largest absolute Gasteiger partial charge is 0.328 e. The van der Waals surface area contributed by atoms with Gasteiger partial charge in [0.2, 0.25) is 0 Å². The molecule has 0 unspecified atom stereocenters. The SMILES string of the molecule is CCCCCCCCCCC(=O)S(=O)(=O)O. The molecule has 1 N–H and O–H groups in total. The van der Waals surface area contributed by atoms with Crippen LogP contribution in [0.4, 0.5) is 0 Å². The van der Waals surface area contributed by atoms with E-state index >= 15 is 0 Å². The predicted octanol–water partition coefficient (Wildman–Crippen LogP) is 2.93. The Labute approximate surface area is 98.2 Å². The molecule has 16 heavy (non-hydrogen) atoms. The monoisotopic (exact) mass is 250 g/mol. The van der Waals surface area contributed by atoms with E-state index in [0.717, 1.165) is 19.3 Å². The summed E-state index contributed by atoms with van der Waals surface area (Å²) in [6.45, 7) is 2.17. The summed E-state index contributed by atoms with van der Waals surface area (Å²) in [6.07, 6.45) is 8.46. The quantitative estimate of drug-likeness (QED) is 0.504. The second kappa shape index (κ2) is 8.70. The van der Waals surface area contributed by atoms with Crippen LogP contribution in [0.3, 0.4) is 0 Å². The van der Waals surface area contributed by atoms with Gasteiger partial charge in [0.1, 0.15) is 0 Å². The van der Waals surface area contributed by atoms with Crippen molar-refractivity contribution in [3.05, 3.63) is 0 Å². The third kappa shape index (κ3) is 8.85. The van der Waals surface area contributed by atoms with E-state index in [2.05, 4.69) is 6.92 Å². The van der Waals surface area contributed by atoms with Crippen LogP contribution in [0.25, 0.3) is 0 Å². The number of unbranched alkanes of at least 4 members (excludes halogenated alkanes) is 7. The molecule has 0 saturated carbocycles. The number of carbonyl (C=O) groups is 1. The van der Waals surface area contributed by atoms with Crippen LogP contribution in [0.1, 0.15) is 64.7 Å². The minimum absolute atomic E-state index is 0.0617. The van der Waals surface area contributed by atoms with Crippen LogP contribution in [0, 0.1) is 0 Å². The first-order valence-electron chi connectivity index (χ1n) is 5.98. The van der Waals surface area contributed by atoms with Gasteiger partial charge in [0.15, 0.2) is 0 Å². The molecule has 0 aliphatic carbocycles. The maximum Gasteiger partial charge on any atom is 0.328 e. The van der Waals surface area contributed by atoms with Crippen molar-refractivity contribution >= 4 is 15.2 Å². The molecule has 4 nitrogen and oxygen atoms in total. The summed E-state index contributed by atoms with van der Waals surface area (Å²) in [7, 11) is -4.45. The fourth-order valence-corrected chi connectivity index (χ4v) is 1.93. The third-order valence-corrected chi connectivity index (χ3v) is 3.30. The van der Waals surface area contributed by atoms with Crippen LogP contribution in [0.15, 0.2) is 0 Å². The first-order chi connectivity index (χ1) is 7.48. The zero-order valence-corrected chi connectivity index (χ0v) is 10.8. The molecular weight excluding hydrogens is 228 g/mol. The Kier molecular flexibility index (Phi) is 8.47. The molecule has 0 heterocycles. The molecule has 0 aromatic carbocycles. The lowest BCUT2D eigenvalue weighted by Gasteiger charge is -2.00. The number of hydrogen-bond donors (Lipinski definition) is 1. The fourth-order valence-electron chi connectivity index (χ4n) is 1.53. The van der Waals surface area contributed by atoms with E-state index in [1.54, 1.807) is 0 Å². The average molecular weight is 250 g/mol. The van der Waals surface area contributed by atoms with Crippen molar-refractivity contribution < 1.29 is 17.8 Å². The van der Waals surface area contributed by atoms with Gasteiger partial charge in [-0.15, -0.1) is 0 Å². The van der Waals surface area contributed by atoms with E-state index in [0.29, 0.717) is 6.42 Å². The molecular formula is C11H22O4S. The first kappa shape index (κ1) is 15.6. The molecule has 0 aromatic rings. The third-order valence-electron chi connectivity index (χ3n) is 2.52. The molecule has 0 aromatic heterocycles. The highest BCUT2D eigenvalue weighted by Gasteiger charge is 2.16. The van der Waals surface area contributed by atoms with Crippen LogP contribution in [-0.2, 0) is 14.9 Å². The smallest absolute Gasteiger partial charge is 0.280 e. The molecule has 0 aliphatic rings. The molecule has 0 amide bonds. The highest BCUT2D eigenvalue weighted by molar-refractivity contribution is 8.01. The molecule has 0 aliphatic heterocycles. The Bertz CT molecular complexity index is 282. The molecule has 0 rings (SSSR count). The molecule has 0 saturated heterocycles. The van der Waals surface area contributed by atoms with Crippen LogP contribution >= 0.6 is 0 Å². The van der Waals surface area contributed by atoms with E-state index in [1.807, 2.05) is 0 Å². The summed E-state index contributed by atoms with van der Waals surface area (Å²) in [5.74, 6) is 0. The van der Waals surface area contributed by atoms with E-state index in [-0.39, 0.29) is 6.42 Å². The second-order valence-corrected chi connectivity index (χ2v) is 5.48. The van der Waals surface area contributed by atoms with Gasteiger partial charge in [-0.1, -0.05) is 51.9 Å². The van der Waals surface area contributed by atoms with E-state index < -0.39 is 15.2 Å². The van der Waals surface area contributed by atoms with Gasteiger partial charge in [-0.3, -0.25) is 9.35 Å². The van der Waals surface area contributed by atoms with Gasteiger partial charge in [0.25, 0.3) is 5.12 Å². The van der Waals surface area contributed by atoms with Crippen LogP contribution < -0.4 is 0 Å². The number of rotatable bonds is 9. The van der Waals surface area contributed by atoms with Crippen molar-refractivity contribution in [3.8, 4) is 0 Å². The van der Waals surface area contributed by atoms with Crippen LogP contribution in [0.2, 0.25) is 0 Å². The van der Waals surface area contributed by atoms with E-state index in [4.69, 9.17) is 4.55 Å². The lowest BCUT2D eigenvalue weighted by atomic mass is 10.1. The van der Waals surface area contributed by atoms with Crippen LogP contribution in [0.5, 0.6) is 0 Å². The minimum atomic E-state index is -4.45. The van der Waals surface area contributed by atoms with Crippen LogP contribution in [-0.4, -0.2) is 18.1 Å². The summed E-state index contributed by atoms with van der Waals surface area (Å²) in [6, 6.07) is 0. The minimum Gasteiger partial charge on any atom is -0.280 e. The van der Waals surface area contributed by atoms with Crippen molar-refractivity contribution in [3.63, 3.8) is 0 Å². The van der Waals surface area contributed by atoms with Crippen molar-refractivity contribution in [2.45, 2.75) is 64.7 Å². The molecule has 0 atom stereocenters. The standard InChI is InChI=1S/C11H22O4S/c1-2-3-4-5-6-7-8-9-10-11(12)16(13,14)15/h2-10H2,1H3,(H,13,14,15). The molecule has 5 heteroatoms. The van der Waals surface area contributed by atoms with Gasteiger partial charge in [-0.2, -0.15) is 8.42 Å². The van der Waals surface area contributed by atoms with Gasteiger partial charge in [0.05, 0.1) is 0 Å². The summed E-state index contributed by atoms with van der Waals surface area (Å²) < 4.78 is 29.2. The average Bonchev–Trinajstić information content (AvgIpc) is 2.20. The van der Waals surface area contributed by atoms with E-state index in [9.17, 15) is 13.2 Å². The fraction of sp³-hybridized carbons (Fsp3) is 0.909. The summed E-state index contributed by atoms with van der Waals surface area (Å²) in [4.78, 5) is 10.8. The zero-order chi connectivity index (χ0) is 12.4. The highest BCUT2D eigenvalue weighted by Crippen LogP contribution is 2.10. The lowest BCUT2D eigenvalue weighted by Crippen LogP contribution is -2.12. The second-order valence-electron chi connectivity index (χ2n) is 4.07. The first-order valence-corrected chi connectivity index (χ1v) is 7.42. The van der Waals surface area contributed by atoms with Gasteiger partial charge < -0.3 is 0 Å². The number of carbonyl (C=O) groups excluding carboxylic acids is 1.